The van der Waals surface area contributed by atoms with Crippen molar-refractivity contribution in [3.05, 3.63) is 48.2 Å². The van der Waals surface area contributed by atoms with Crippen LogP contribution in [0.25, 0.3) is 11.3 Å². The van der Waals surface area contributed by atoms with Crippen LogP contribution in [-0.4, -0.2) is 12.1 Å². The van der Waals surface area contributed by atoms with Gasteiger partial charge in [-0.3, -0.25) is 0 Å². The molecule has 2 rings (SSSR count). The number of alkyl halides is 3. The van der Waals surface area contributed by atoms with Gasteiger partial charge in [0, 0.05) is 5.56 Å². The zero-order chi connectivity index (χ0) is 13.2. The number of aromatic nitrogens is 1. The number of hydrogen-bond acceptors (Lipinski definition) is 2. The summed E-state index contributed by atoms with van der Waals surface area (Å²) < 4.78 is 42.9. The second-order valence-corrected chi connectivity index (χ2v) is 3.61. The largest absolute Gasteiger partial charge is 0.494 e. The van der Waals surface area contributed by atoms with E-state index in [9.17, 15) is 13.2 Å². The highest BCUT2D eigenvalue weighted by Gasteiger charge is 2.33. The van der Waals surface area contributed by atoms with Crippen LogP contribution in [-0.2, 0) is 6.18 Å². The zero-order valence-corrected chi connectivity index (χ0v) is 9.53. The molecule has 0 unspecified atom stereocenters. The average Bonchev–Trinajstić information content (AvgIpc) is 2.38. The Morgan fingerprint density at radius 1 is 1.00 bits per heavy atom. The summed E-state index contributed by atoms with van der Waals surface area (Å²) in [4.78, 5) is 3.64. The van der Waals surface area contributed by atoms with Gasteiger partial charge in [0.1, 0.15) is 17.1 Å². The van der Waals surface area contributed by atoms with E-state index in [-0.39, 0.29) is 5.69 Å². The lowest BCUT2D eigenvalue weighted by Gasteiger charge is -2.11. The number of methoxy groups -OCH3 is 1. The number of hydrogen-bond donors (Lipinski definition) is 0. The molecule has 2 aromatic rings. The highest BCUT2D eigenvalue weighted by Crippen LogP contribution is 2.33. The maximum Gasteiger partial charge on any atom is 0.433 e. The third-order valence-corrected chi connectivity index (χ3v) is 2.42. The van der Waals surface area contributed by atoms with Crippen molar-refractivity contribution in [1.82, 2.24) is 4.98 Å². The van der Waals surface area contributed by atoms with Crippen molar-refractivity contribution in [2.24, 2.45) is 0 Å². The Hall–Kier alpha value is -2.04. The van der Waals surface area contributed by atoms with Crippen molar-refractivity contribution in [2.75, 3.05) is 7.11 Å². The summed E-state index contributed by atoms with van der Waals surface area (Å²) in [6, 6.07) is 10.8. The summed E-state index contributed by atoms with van der Waals surface area (Å²) in [6.07, 6.45) is -4.46. The molecule has 94 valence electrons. The third kappa shape index (κ3) is 2.45. The molecular weight excluding hydrogens is 243 g/mol. The predicted octanol–water partition coefficient (Wildman–Crippen LogP) is 3.78. The van der Waals surface area contributed by atoms with Gasteiger partial charge in [-0.05, 0) is 12.1 Å². The van der Waals surface area contributed by atoms with Crippen molar-refractivity contribution in [2.45, 2.75) is 6.18 Å². The van der Waals surface area contributed by atoms with Crippen LogP contribution in [0.2, 0.25) is 0 Å². The number of nitrogens with zero attached hydrogens (tertiary/aromatic N) is 1. The number of pyridine rings is 1. The molecule has 0 aliphatic rings. The van der Waals surface area contributed by atoms with Crippen LogP contribution in [0.3, 0.4) is 0 Å². The lowest BCUT2D eigenvalue weighted by molar-refractivity contribution is -0.141. The van der Waals surface area contributed by atoms with Gasteiger partial charge in [0.15, 0.2) is 0 Å². The minimum atomic E-state index is -4.46. The molecule has 1 heterocycles. The molecule has 0 saturated heterocycles. The number of halogens is 3. The summed E-state index contributed by atoms with van der Waals surface area (Å²) in [5, 5.41) is 0. The molecule has 2 nitrogen and oxygen atoms in total. The van der Waals surface area contributed by atoms with E-state index in [1.54, 1.807) is 30.3 Å². The van der Waals surface area contributed by atoms with Gasteiger partial charge in [-0.25, -0.2) is 4.98 Å². The van der Waals surface area contributed by atoms with Crippen LogP contribution in [0, 0.1) is 0 Å². The van der Waals surface area contributed by atoms with Crippen molar-refractivity contribution in [3.63, 3.8) is 0 Å². The Kier molecular flexibility index (Phi) is 3.23. The number of benzene rings is 1. The van der Waals surface area contributed by atoms with Crippen molar-refractivity contribution in [1.29, 1.82) is 0 Å². The average molecular weight is 253 g/mol. The third-order valence-electron chi connectivity index (χ3n) is 2.42. The van der Waals surface area contributed by atoms with Crippen LogP contribution >= 0.6 is 0 Å². The van der Waals surface area contributed by atoms with Gasteiger partial charge in [0.2, 0.25) is 0 Å². The normalized spacial score (nSPS) is 11.3. The first-order valence-electron chi connectivity index (χ1n) is 5.20. The summed E-state index contributed by atoms with van der Waals surface area (Å²) >= 11 is 0. The smallest absolute Gasteiger partial charge is 0.433 e. The molecule has 0 bridgehead atoms. The van der Waals surface area contributed by atoms with E-state index in [1.807, 2.05) is 0 Å². The van der Waals surface area contributed by atoms with Crippen molar-refractivity contribution < 1.29 is 17.9 Å². The first-order valence-corrected chi connectivity index (χ1v) is 5.20. The second kappa shape index (κ2) is 4.68. The summed E-state index contributed by atoms with van der Waals surface area (Å²) in [6.45, 7) is 0. The fourth-order valence-corrected chi connectivity index (χ4v) is 1.57. The van der Waals surface area contributed by atoms with Gasteiger partial charge in [0.25, 0.3) is 0 Å². The maximum atomic E-state index is 12.6. The van der Waals surface area contributed by atoms with E-state index in [0.29, 0.717) is 11.3 Å². The number of rotatable bonds is 2. The van der Waals surface area contributed by atoms with Crippen molar-refractivity contribution in [3.8, 4) is 17.0 Å². The first-order chi connectivity index (χ1) is 8.52. The molecule has 0 N–H and O–H groups in total. The number of ether oxygens (including phenoxy) is 1. The van der Waals surface area contributed by atoms with Gasteiger partial charge in [-0.2, -0.15) is 13.2 Å². The van der Waals surface area contributed by atoms with Crippen LogP contribution < -0.4 is 4.74 Å². The molecule has 0 aliphatic carbocycles. The van der Waals surface area contributed by atoms with Gasteiger partial charge in [-0.15, -0.1) is 0 Å². The Morgan fingerprint density at radius 2 is 1.67 bits per heavy atom. The summed E-state index contributed by atoms with van der Waals surface area (Å²) in [5.74, 6) is 0.314. The van der Waals surface area contributed by atoms with E-state index in [0.717, 1.165) is 6.07 Å². The summed E-state index contributed by atoms with van der Waals surface area (Å²) in [5.41, 5.74) is -0.157. The van der Waals surface area contributed by atoms with Gasteiger partial charge in [0.05, 0.1) is 7.11 Å². The summed E-state index contributed by atoms with van der Waals surface area (Å²) in [7, 11) is 1.40. The highest BCUT2D eigenvalue weighted by atomic mass is 19.4. The SMILES string of the molecule is COc1ccc(C(F)(F)F)nc1-c1ccccc1. The van der Waals surface area contributed by atoms with Gasteiger partial charge in [-0.1, -0.05) is 30.3 Å². The predicted molar refractivity (Wildman–Crippen MR) is 61.2 cm³/mol. The van der Waals surface area contributed by atoms with E-state index in [2.05, 4.69) is 4.98 Å². The molecule has 0 saturated carbocycles. The molecule has 1 aromatic heterocycles. The molecule has 0 atom stereocenters. The molecule has 0 spiro atoms. The van der Waals surface area contributed by atoms with E-state index < -0.39 is 11.9 Å². The van der Waals surface area contributed by atoms with Crippen molar-refractivity contribution >= 4 is 0 Å². The van der Waals surface area contributed by atoms with Crippen LogP contribution in [0.1, 0.15) is 5.69 Å². The Bertz CT molecular complexity index is 538. The highest BCUT2D eigenvalue weighted by molar-refractivity contribution is 5.66. The molecule has 0 radical (unpaired) electrons. The molecule has 0 amide bonds. The fourth-order valence-electron chi connectivity index (χ4n) is 1.57. The molecular formula is C13H10F3NO. The van der Waals surface area contributed by atoms with Gasteiger partial charge >= 0.3 is 6.18 Å². The standard InChI is InChI=1S/C13H10F3NO/c1-18-10-7-8-11(13(14,15)16)17-12(10)9-5-3-2-4-6-9/h2-8H,1H3. The topological polar surface area (TPSA) is 22.1 Å². The minimum Gasteiger partial charge on any atom is -0.494 e. The minimum absolute atomic E-state index is 0.188. The zero-order valence-electron chi connectivity index (χ0n) is 9.53. The van der Waals surface area contributed by atoms with Crippen LogP contribution in [0.15, 0.2) is 42.5 Å². The lowest BCUT2D eigenvalue weighted by atomic mass is 10.1. The van der Waals surface area contributed by atoms with Gasteiger partial charge < -0.3 is 4.74 Å². The molecule has 1 aromatic carbocycles. The van der Waals surface area contributed by atoms with E-state index in [1.165, 1.54) is 13.2 Å². The Balaban J connectivity index is 2.57. The molecule has 0 aliphatic heterocycles. The second-order valence-electron chi connectivity index (χ2n) is 3.61. The van der Waals surface area contributed by atoms with Crippen LogP contribution in [0.5, 0.6) is 5.75 Å². The molecule has 0 fully saturated rings. The molecule has 5 heteroatoms. The Labute approximate surface area is 102 Å². The van der Waals surface area contributed by atoms with Crippen LogP contribution in [0.4, 0.5) is 13.2 Å². The maximum absolute atomic E-state index is 12.6. The van der Waals surface area contributed by atoms with E-state index in [4.69, 9.17) is 4.74 Å². The lowest BCUT2D eigenvalue weighted by Crippen LogP contribution is -2.08. The van der Waals surface area contributed by atoms with E-state index >= 15 is 0 Å². The fraction of sp³-hybridized carbons (Fsp3) is 0.154. The quantitative estimate of drug-likeness (QED) is 0.812. The Morgan fingerprint density at radius 3 is 2.22 bits per heavy atom. The first kappa shape index (κ1) is 12.4. The molecule has 18 heavy (non-hydrogen) atoms. The monoisotopic (exact) mass is 253 g/mol.